The third kappa shape index (κ3) is 3.69. The van der Waals surface area contributed by atoms with Gasteiger partial charge in [-0.3, -0.25) is 19.2 Å². The van der Waals surface area contributed by atoms with Crippen molar-refractivity contribution in [2.75, 3.05) is 11.9 Å². The maximum absolute atomic E-state index is 12.4. The van der Waals surface area contributed by atoms with Gasteiger partial charge < -0.3 is 14.6 Å². The number of hydrogen-bond acceptors (Lipinski definition) is 5. The van der Waals surface area contributed by atoms with E-state index >= 15 is 0 Å². The number of carbonyl (C=O) groups is 4. The zero-order valence-corrected chi connectivity index (χ0v) is 17.5. The summed E-state index contributed by atoms with van der Waals surface area (Å²) in [6.45, 7) is 6.29. The molecule has 1 aromatic heterocycles. The molecule has 2 heterocycles. The van der Waals surface area contributed by atoms with E-state index in [1.165, 1.54) is 13.8 Å². The highest BCUT2D eigenvalue weighted by Gasteiger charge is 2.42. The number of aryl methyl sites for hydroxylation is 1. The zero-order chi connectivity index (χ0) is 21.5. The Balaban J connectivity index is 0.000000298. The van der Waals surface area contributed by atoms with E-state index in [0.717, 1.165) is 52.7 Å². The fraction of sp³-hybridized carbons (Fsp3) is 0.455. The van der Waals surface area contributed by atoms with Crippen molar-refractivity contribution in [2.45, 2.75) is 58.8 Å². The van der Waals surface area contributed by atoms with Gasteiger partial charge in [0.2, 0.25) is 5.91 Å². The molecule has 7 heteroatoms. The van der Waals surface area contributed by atoms with Gasteiger partial charge in [0.1, 0.15) is 0 Å². The molecule has 0 unspecified atom stereocenters. The van der Waals surface area contributed by atoms with Crippen LogP contribution in [0.4, 0.5) is 5.69 Å². The van der Waals surface area contributed by atoms with Crippen molar-refractivity contribution < 1.29 is 23.9 Å². The number of fused-ring (bicyclic) bond motifs is 4. The third-order valence-electron chi connectivity index (χ3n) is 5.54. The van der Waals surface area contributed by atoms with Crippen LogP contribution in [0, 0.1) is 0 Å². The molecule has 1 amide bonds. The average molecular weight is 398 g/mol. The summed E-state index contributed by atoms with van der Waals surface area (Å²) in [5.41, 5.74) is 4.39. The number of nitrogens with one attached hydrogen (secondary N) is 1. The number of nitrogens with zero attached hydrogens (tertiary/aromatic N) is 1. The second kappa shape index (κ2) is 7.46. The topological polar surface area (TPSA) is 96.5 Å². The van der Waals surface area contributed by atoms with Crippen LogP contribution in [-0.2, 0) is 31.0 Å². The summed E-state index contributed by atoms with van der Waals surface area (Å²) in [4.78, 5) is 49.4. The van der Waals surface area contributed by atoms with Gasteiger partial charge in [-0.15, -0.1) is 0 Å². The van der Waals surface area contributed by atoms with Crippen LogP contribution in [0.25, 0.3) is 10.9 Å². The summed E-state index contributed by atoms with van der Waals surface area (Å²) >= 11 is 0. The van der Waals surface area contributed by atoms with Crippen LogP contribution in [0.15, 0.2) is 12.1 Å². The van der Waals surface area contributed by atoms with Crippen molar-refractivity contribution in [1.29, 1.82) is 0 Å². The van der Waals surface area contributed by atoms with Crippen LogP contribution in [0.1, 0.15) is 68.6 Å². The van der Waals surface area contributed by atoms with Crippen molar-refractivity contribution >= 4 is 40.2 Å². The number of rotatable bonds is 0. The van der Waals surface area contributed by atoms with Crippen LogP contribution in [0.2, 0.25) is 0 Å². The van der Waals surface area contributed by atoms with Gasteiger partial charge in [0.05, 0.1) is 11.1 Å². The fourth-order valence-electron chi connectivity index (χ4n) is 4.12. The molecule has 29 heavy (non-hydrogen) atoms. The van der Waals surface area contributed by atoms with Gasteiger partial charge in [-0.25, -0.2) is 0 Å². The molecule has 0 radical (unpaired) electrons. The largest absolute Gasteiger partial charge is 0.394 e. The first kappa shape index (κ1) is 20.8. The van der Waals surface area contributed by atoms with Gasteiger partial charge in [-0.1, -0.05) is 0 Å². The first-order valence-electron chi connectivity index (χ1n) is 9.73. The van der Waals surface area contributed by atoms with Crippen molar-refractivity contribution in [3.05, 3.63) is 29.0 Å². The van der Waals surface area contributed by atoms with Crippen LogP contribution >= 0.6 is 0 Å². The Morgan fingerprint density at radius 3 is 2.28 bits per heavy atom. The van der Waals surface area contributed by atoms with Crippen molar-refractivity contribution in [3.8, 4) is 0 Å². The van der Waals surface area contributed by atoms with Gasteiger partial charge in [-0.05, 0) is 56.4 Å². The van der Waals surface area contributed by atoms with E-state index < -0.39 is 17.4 Å². The van der Waals surface area contributed by atoms with Gasteiger partial charge >= 0.3 is 11.9 Å². The number of ketones is 1. The number of H-pyrrole nitrogens is 1. The smallest absolute Gasteiger partial charge is 0.310 e. The highest BCUT2D eigenvalue weighted by atomic mass is 16.6. The van der Waals surface area contributed by atoms with E-state index in [1.54, 1.807) is 4.90 Å². The number of esters is 2. The normalized spacial score (nSPS) is 17.2. The van der Waals surface area contributed by atoms with Gasteiger partial charge in [0.15, 0.2) is 5.78 Å². The number of amides is 1. The van der Waals surface area contributed by atoms with Crippen molar-refractivity contribution in [1.82, 2.24) is 4.98 Å². The Morgan fingerprint density at radius 1 is 1.07 bits per heavy atom. The summed E-state index contributed by atoms with van der Waals surface area (Å²) in [6, 6.07) is 4.15. The molecule has 0 spiro atoms. The lowest BCUT2D eigenvalue weighted by Gasteiger charge is -2.16. The highest BCUT2D eigenvalue weighted by molar-refractivity contribution is 6.11. The number of aromatic amines is 1. The summed E-state index contributed by atoms with van der Waals surface area (Å²) in [6.07, 6.45) is 3.56. The summed E-state index contributed by atoms with van der Waals surface area (Å²) in [5.74, 6) is -0.787. The predicted molar refractivity (Wildman–Crippen MR) is 109 cm³/mol. The Kier molecular flexibility index (Phi) is 5.34. The van der Waals surface area contributed by atoms with Gasteiger partial charge in [0, 0.05) is 43.9 Å². The Bertz CT molecular complexity index is 1020. The predicted octanol–water partition coefficient (Wildman–Crippen LogP) is 3.43. The molecule has 7 nitrogen and oxygen atoms in total. The molecule has 1 aliphatic carbocycles. The second-order valence-corrected chi connectivity index (χ2v) is 8.10. The number of hydrogen-bond donors (Lipinski definition) is 1. The number of anilines is 1. The van der Waals surface area contributed by atoms with Crippen LogP contribution in [0.3, 0.4) is 0 Å². The van der Waals surface area contributed by atoms with Crippen LogP contribution in [-0.4, -0.2) is 35.7 Å². The summed E-state index contributed by atoms with van der Waals surface area (Å²) < 4.78 is 3.97. The lowest BCUT2D eigenvalue weighted by Crippen LogP contribution is -2.33. The van der Waals surface area contributed by atoms with Gasteiger partial charge in [0.25, 0.3) is 0 Å². The number of benzene rings is 1. The maximum Gasteiger partial charge on any atom is 0.310 e. The average Bonchev–Trinajstić information content (AvgIpc) is 2.98. The highest BCUT2D eigenvalue weighted by Crippen LogP contribution is 2.44. The molecular formula is C22H26N2O5. The monoisotopic (exact) mass is 398 g/mol. The number of Topliss-reactive ketones (excluding diaryl/α,β-unsaturated/α-hetero) is 1. The van der Waals surface area contributed by atoms with Crippen molar-refractivity contribution in [3.63, 3.8) is 0 Å². The number of likely N-dealkylation sites (N-methyl/N-ethyl adjacent to an activating group) is 1. The van der Waals surface area contributed by atoms with Crippen LogP contribution in [0.5, 0.6) is 0 Å². The lowest BCUT2D eigenvalue weighted by atomic mass is 9.85. The molecule has 0 saturated carbocycles. The first-order valence-corrected chi connectivity index (χ1v) is 9.73. The van der Waals surface area contributed by atoms with E-state index in [1.807, 2.05) is 20.9 Å². The standard InChI is InChI=1S/C18H20N2O2.C4H6O3/c1-18(2)12-9-13-11(8-14(12)20(3)17(18)22)10-6-4-5-7-15(21)16(10)19-13;1-3(5)7-4(2)6/h8-9,19H,4-7H2,1-3H3;1-2H3. The minimum Gasteiger partial charge on any atom is -0.394 e. The second-order valence-electron chi connectivity index (χ2n) is 8.10. The summed E-state index contributed by atoms with van der Waals surface area (Å²) in [5, 5.41) is 1.10. The molecule has 1 N–H and O–H groups in total. The van der Waals surface area contributed by atoms with Crippen molar-refractivity contribution in [2.24, 2.45) is 0 Å². The van der Waals surface area contributed by atoms with E-state index in [0.29, 0.717) is 6.42 Å². The van der Waals surface area contributed by atoms with Crippen LogP contribution < -0.4 is 4.90 Å². The fourth-order valence-corrected chi connectivity index (χ4v) is 4.12. The molecule has 154 valence electrons. The minimum absolute atomic E-state index is 0.123. The first-order chi connectivity index (χ1) is 13.5. The molecule has 4 rings (SSSR count). The molecule has 0 fully saturated rings. The zero-order valence-electron chi connectivity index (χ0n) is 17.5. The number of aromatic nitrogens is 1. The van der Waals surface area contributed by atoms with E-state index in [-0.39, 0.29) is 11.7 Å². The SMILES string of the molecule is CC(=O)OC(C)=O.CN1C(=O)C(C)(C)c2cc3[nH]c4c(c3cc21)CCCCC4=O. The Hall–Kier alpha value is -2.96. The molecule has 1 aromatic carbocycles. The quantitative estimate of drug-likeness (QED) is 0.417. The third-order valence-corrected chi connectivity index (χ3v) is 5.54. The van der Waals surface area contributed by atoms with Gasteiger partial charge in [-0.2, -0.15) is 0 Å². The van der Waals surface area contributed by atoms with E-state index in [2.05, 4.69) is 21.9 Å². The molecule has 0 saturated heterocycles. The summed E-state index contributed by atoms with van der Waals surface area (Å²) in [7, 11) is 1.83. The number of ether oxygens (including phenoxy) is 1. The van der Waals surface area contributed by atoms with E-state index in [9.17, 15) is 19.2 Å². The molecule has 2 aromatic rings. The maximum atomic E-state index is 12.4. The molecular weight excluding hydrogens is 372 g/mol. The Labute approximate surface area is 169 Å². The molecule has 0 bridgehead atoms. The van der Waals surface area contributed by atoms with E-state index in [4.69, 9.17) is 0 Å². The molecule has 2 aliphatic rings. The molecule has 0 atom stereocenters. The Morgan fingerprint density at radius 2 is 1.69 bits per heavy atom. The number of carbonyl (C=O) groups excluding carboxylic acids is 4. The lowest BCUT2D eigenvalue weighted by molar-refractivity contribution is -0.156. The minimum atomic E-state index is -0.562. The molecule has 1 aliphatic heterocycles.